The van der Waals surface area contributed by atoms with Gasteiger partial charge in [0.2, 0.25) is 0 Å². The summed E-state index contributed by atoms with van der Waals surface area (Å²) >= 11 is 1.52. The third-order valence-electron chi connectivity index (χ3n) is 1.80. The molecule has 1 fully saturated rings. The van der Waals surface area contributed by atoms with Crippen molar-refractivity contribution in [2.75, 3.05) is 19.0 Å². The quantitative estimate of drug-likeness (QED) is 0.493. The number of thioether (sulfide) groups is 1. The Morgan fingerprint density at radius 3 is 2.30 bits per heavy atom. The highest BCUT2D eigenvalue weighted by atomic mass is 32.2. The van der Waals surface area contributed by atoms with Crippen molar-refractivity contribution < 1.29 is 15.3 Å². The van der Waals surface area contributed by atoms with Crippen LogP contribution in [-0.4, -0.2) is 45.6 Å². The molecular formula is C6H12O3S. The van der Waals surface area contributed by atoms with E-state index in [9.17, 15) is 5.11 Å². The van der Waals surface area contributed by atoms with Crippen LogP contribution in [0.15, 0.2) is 0 Å². The van der Waals surface area contributed by atoms with E-state index >= 15 is 0 Å². The molecule has 1 heterocycles. The van der Waals surface area contributed by atoms with Gasteiger partial charge in [-0.3, -0.25) is 0 Å². The standard InChI is InChI=1S/C6H12O3S/c7-1-4-3-10-5(2-8)6(4)9/h4-9H,1-3H2. The highest BCUT2D eigenvalue weighted by Gasteiger charge is 2.34. The van der Waals surface area contributed by atoms with Gasteiger partial charge in [-0.1, -0.05) is 0 Å². The summed E-state index contributed by atoms with van der Waals surface area (Å²) < 4.78 is 0. The van der Waals surface area contributed by atoms with Crippen molar-refractivity contribution in [3.05, 3.63) is 0 Å². The van der Waals surface area contributed by atoms with Crippen LogP contribution in [0.5, 0.6) is 0 Å². The molecule has 3 nitrogen and oxygen atoms in total. The van der Waals surface area contributed by atoms with Gasteiger partial charge in [0.25, 0.3) is 0 Å². The van der Waals surface area contributed by atoms with Crippen LogP contribution in [0.4, 0.5) is 0 Å². The van der Waals surface area contributed by atoms with Crippen LogP contribution in [0.3, 0.4) is 0 Å². The molecule has 10 heavy (non-hydrogen) atoms. The number of hydrogen-bond donors (Lipinski definition) is 3. The molecule has 4 heteroatoms. The zero-order valence-electron chi connectivity index (χ0n) is 5.60. The van der Waals surface area contributed by atoms with Gasteiger partial charge in [0.05, 0.1) is 18.0 Å². The van der Waals surface area contributed by atoms with E-state index in [1.54, 1.807) is 0 Å². The number of hydrogen-bond acceptors (Lipinski definition) is 4. The summed E-state index contributed by atoms with van der Waals surface area (Å²) in [6.07, 6.45) is -0.528. The molecular weight excluding hydrogens is 152 g/mol. The molecule has 0 aromatic heterocycles. The summed E-state index contributed by atoms with van der Waals surface area (Å²) in [6, 6.07) is 0. The smallest absolute Gasteiger partial charge is 0.0738 e. The number of aliphatic hydroxyl groups excluding tert-OH is 3. The Bertz CT molecular complexity index is 97.2. The predicted octanol–water partition coefficient (Wildman–Crippen LogP) is -0.937. The lowest BCUT2D eigenvalue weighted by Crippen LogP contribution is -2.29. The van der Waals surface area contributed by atoms with Gasteiger partial charge in [0, 0.05) is 18.3 Å². The lowest BCUT2D eigenvalue weighted by molar-refractivity contribution is 0.0729. The van der Waals surface area contributed by atoms with Crippen molar-refractivity contribution >= 4 is 11.8 Å². The van der Waals surface area contributed by atoms with Crippen LogP contribution in [-0.2, 0) is 0 Å². The normalized spacial score (nSPS) is 40.5. The van der Waals surface area contributed by atoms with Gasteiger partial charge in [0.15, 0.2) is 0 Å². The van der Waals surface area contributed by atoms with Crippen molar-refractivity contribution in [2.24, 2.45) is 5.92 Å². The summed E-state index contributed by atoms with van der Waals surface area (Å²) in [5.41, 5.74) is 0. The fourth-order valence-corrected chi connectivity index (χ4v) is 2.39. The van der Waals surface area contributed by atoms with E-state index < -0.39 is 6.10 Å². The Morgan fingerprint density at radius 2 is 2.00 bits per heavy atom. The van der Waals surface area contributed by atoms with Crippen molar-refractivity contribution in [1.29, 1.82) is 0 Å². The molecule has 0 bridgehead atoms. The van der Waals surface area contributed by atoms with E-state index in [0.29, 0.717) is 0 Å². The fourth-order valence-electron chi connectivity index (χ4n) is 1.07. The molecule has 1 aliphatic heterocycles. The predicted molar refractivity (Wildman–Crippen MR) is 39.9 cm³/mol. The minimum absolute atomic E-state index is 0.00231. The van der Waals surface area contributed by atoms with E-state index in [4.69, 9.17) is 10.2 Å². The second kappa shape index (κ2) is 3.57. The molecule has 0 radical (unpaired) electrons. The monoisotopic (exact) mass is 164 g/mol. The zero-order valence-corrected chi connectivity index (χ0v) is 6.42. The van der Waals surface area contributed by atoms with Crippen LogP contribution in [0, 0.1) is 5.92 Å². The third-order valence-corrected chi connectivity index (χ3v) is 3.28. The van der Waals surface area contributed by atoms with Crippen LogP contribution < -0.4 is 0 Å². The summed E-state index contributed by atoms with van der Waals surface area (Å²) in [6.45, 7) is 0.0208. The molecule has 3 atom stereocenters. The second-order valence-electron chi connectivity index (χ2n) is 2.49. The average Bonchev–Trinajstić information content (AvgIpc) is 2.30. The first-order chi connectivity index (χ1) is 4.79. The van der Waals surface area contributed by atoms with Gasteiger partial charge >= 0.3 is 0 Å². The topological polar surface area (TPSA) is 60.7 Å². The Morgan fingerprint density at radius 1 is 1.30 bits per heavy atom. The Kier molecular flexibility index (Phi) is 2.97. The molecule has 3 unspecified atom stereocenters. The Labute approximate surface area is 64.1 Å². The van der Waals surface area contributed by atoms with E-state index in [1.807, 2.05) is 0 Å². The maximum atomic E-state index is 9.31. The summed E-state index contributed by atoms with van der Waals surface area (Å²) in [4.78, 5) is 0. The van der Waals surface area contributed by atoms with Gasteiger partial charge < -0.3 is 15.3 Å². The molecule has 1 saturated heterocycles. The minimum Gasteiger partial charge on any atom is -0.396 e. The van der Waals surface area contributed by atoms with Gasteiger partial charge in [-0.2, -0.15) is 11.8 Å². The third kappa shape index (κ3) is 1.45. The average molecular weight is 164 g/mol. The number of rotatable bonds is 2. The molecule has 3 N–H and O–H groups in total. The van der Waals surface area contributed by atoms with Crippen molar-refractivity contribution in [1.82, 2.24) is 0 Å². The fraction of sp³-hybridized carbons (Fsp3) is 1.00. The first-order valence-corrected chi connectivity index (χ1v) is 4.36. The van der Waals surface area contributed by atoms with Crippen LogP contribution in [0.25, 0.3) is 0 Å². The maximum Gasteiger partial charge on any atom is 0.0738 e. The van der Waals surface area contributed by atoms with Gasteiger partial charge in [-0.25, -0.2) is 0 Å². The molecule has 1 rings (SSSR count). The number of aliphatic hydroxyl groups is 3. The highest BCUT2D eigenvalue weighted by Crippen LogP contribution is 2.30. The molecule has 0 saturated carbocycles. The maximum absolute atomic E-state index is 9.31. The highest BCUT2D eigenvalue weighted by molar-refractivity contribution is 8.00. The molecule has 0 amide bonds. The summed E-state index contributed by atoms with van der Waals surface area (Å²) in [7, 11) is 0. The summed E-state index contributed by atoms with van der Waals surface area (Å²) in [5, 5.41) is 26.6. The van der Waals surface area contributed by atoms with E-state index in [2.05, 4.69) is 0 Å². The molecule has 0 aromatic rings. The van der Waals surface area contributed by atoms with Gasteiger partial charge in [0.1, 0.15) is 0 Å². The molecule has 0 aromatic carbocycles. The van der Waals surface area contributed by atoms with E-state index in [1.165, 1.54) is 11.8 Å². The lowest BCUT2D eigenvalue weighted by atomic mass is 10.0. The first kappa shape index (κ1) is 8.33. The SMILES string of the molecule is OCC1CSC(CO)C1O. The van der Waals surface area contributed by atoms with Crippen LogP contribution in [0.2, 0.25) is 0 Å². The second-order valence-corrected chi connectivity index (χ2v) is 3.76. The Balaban J connectivity index is 2.41. The van der Waals surface area contributed by atoms with Crippen LogP contribution in [0.1, 0.15) is 0 Å². The molecule has 0 aliphatic carbocycles. The van der Waals surface area contributed by atoms with E-state index in [0.717, 1.165) is 5.75 Å². The molecule has 60 valence electrons. The minimum atomic E-state index is -0.528. The molecule has 1 aliphatic rings. The zero-order chi connectivity index (χ0) is 7.56. The van der Waals surface area contributed by atoms with Crippen molar-refractivity contribution in [3.63, 3.8) is 0 Å². The lowest BCUT2D eigenvalue weighted by Gasteiger charge is -2.13. The van der Waals surface area contributed by atoms with E-state index in [-0.39, 0.29) is 24.4 Å². The molecule has 0 spiro atoms. The first-order valence-electron chi connectivity index (χ1n) is 3.31. The van der Waals surface area contributed by atoms with Gasteiger partial charge in [-0.05, 0) is 0 Å². The summed E-state index contributed by atoms with van der Waals surface area (Å²) in [5.74, 6) is 0.713. The van der Waals surface area contributed by atoms with Crippen LogP contribution >= 0.6 is 11.8 Å². The van der Waals surface area contributed by atoms with Gasteiger partial charge in [-0.15, -0.1) is 0 Å². The van der Waals surface area contributed by atoms with Crippen molar-refractivity contribution in [3.8, 4) is 0 Å². The largest absolute Gasteiger partial charge is 0.396 e. The van der Waals surface area contributed by atoms with Crippen molar-refractivity contribution in [2.45, 2.75) is 11.4 Å². The Hall–Kier alpha value is 0.230.